The molecule has 2 aromatic heterocycles. The molecule has 0 bridgehead atoms. The highest BCUT2D eigenvalue weighted by molar-refractivity contribution is 5.94. The van der Waals surface area contributed by atoms with Crippen LogP contribution in [0.4, 0.5) is 5.69 Å². The van der Waals surface area contributed by atoms with Gasteiger partial charge in [-0.1, -0.05) is 0 Å². The monoisotopic (exact) mass is 273 g/mol. The van der Waals surface area contributed by atoms with Gasteiger partial charge in [0.15, 0.2) is 5.65 Å². The topological polar surface area (TPSA) is 85.8 Å². The van der Waals surface area contributed by atoms with Crippen LogP contribution in [0, 0.1) is 12.8 Å². The van der Waals surface area contributed by atoms with Crippen LogP contribution in [0.5, 0.6) is 0 Å². The van der Waals surface area contributed by atoms with Crippen LogP contribution in [-0.2, 0) is 11.8 Å². The molecule has 1 amide bonds. The van der Waals surface area contributed by atoms with Crippen LogP contribution < -0.4 is 11.1 Å². The minimum Gasteiger partial charge on any atom is -0.328 e. The number of nitrogens with one attached hydrogen (secondary N) is 1. The lowest BCUT2D eigenvalue weighted by Crippen LogP contribution is -2.23. The molecule has 6 heteroatoms. The summed E-state index contributed by atoms with van der Waals surface area (Å²) >= 11 is 0. The summed E-state index contributed by atoms with van der Waals surface area (Å²) in [4.78, 5) is 16.5. The third-order valence-electron chi connectivity index (χ3n) is 3.97. The first kappa shape index (κ1) is 13.1. The minimum atomic E-state index is 0.0238. The van der Waals surface area contributed by atoms with Crippen LogP contribution in [0.3, 0.4) is 0 Å². The Bertz CT molecular complexity index is 663. The first-order valence-corrected chi connectivity index (χ1v) is 6.90. The zero-order chi connectivity index (χ0) is 14.3. The Kier molecular flexibility index (Phi) is 3.17. The molecule has 3 N–H and O–H groups in total. The number of aryl methyl sites for hydroxylation is 2. The molecule has 0 aliphatic heterocycles. The Morgan fingerprint density at radius 2 is 2.30 bits per heavy atom. The fourth-order valence-electron chi connectivity index (χ4n) is 2.88. The lowest BCUT2D eigenvalue weighted by molar-refractivity contribution is -0.119. The molecular formula is C14H19N5O. The number of pyridine rings is 1. The summed E-state index contributed by atoms with van der Waals surface area (Å²) in [7, 11) is 1.86. The molecule has 106 valence electrons. The van der Waals surface area contributed by atoms with Gasteiger partial charge in [0.05, 0.1) is 17.6 Å². The second kappa shape index (κ2) is 4.86. The molecule has 1 aliphatic carbocycles. The summed E-state index contributed by atoms with van der Waals surface area (Å²) in [5.41, 5.74) is 8.30. The van der Waals surface area contributed by atoms with Crippen molar-refractivity contribution in [3.8, 4) is 0 Å². The maximum Gasteiger partial charge on any atom is 0.227 e. The van der Waals surface area contributed by atoms with Crippen molar-refractivity contribution in [2.24, 2.45) is 18.7 Å². The molecule has 0 spiro atoms. The molecule has 1 aliphatic rings. The number of fused-ring (bicyclic) bond motifs is 1. The lowest BCUT2D eigenvalue weighted by Gasteiger charge is -2.10. The van der Waals surface area contributed by atoms with Crippen molar-refractivity contribution >= 4 is 22.6 Å². The summed E-state index contributed by atoms with van der Waals surface area (Å²) in [6.45, 7) is 1.94. The van der Waals surface area contributed by atoms with Crippen molar-refractivity contribution in [3.05, 3.63) is 18.0 Å². The Morgan fingerprint density at radius 1 is 1.50 bits per heavy atom. The highest BCUT2D eigenvalue weighted by Gasteiger charge is 2.27. The summed E-state index contributed by atoms with van der Waals surface area (Å²) in [6, 6.07) is 2.09. The zero-order valence-corrected chi connectivity index (χ0v) is 11.8. The van der Waals surface area contributed by atoms with E-state index in [1.54, 1.807) is 10.9 Å². The van der Waals surface area contributed by atoms with Gasteiger partial charge in [0.25, 0.3) is 0 Å². The van der Waals surface area contributed by atoms with Crippen LogP contribution in [0.25, 0.3) is 11.0 Å². The number of amides is 1. The fraction of sp³-hybridized carbons (Fsp3) is 0.500. The molecule has 2 atom stereocenters. The second-order valence-electron chi connectivity index (χ2n) is 5.56. The van der Waals surface area contributed by atoms with Crippen molar-refractivity contribution < 1.29 is 4.79 Å². The van der Waals surface area contributed by atoms with Gasteiger partial charge in [0.1, 0.15) is 0 Å². The highest BCUT2D eigenvalue weighted by atomic mass is 16.1. The Balaban J connectivity index is 1.81. The van der Waals surface area contributed by atoms with Crippen molar-refractivity contribution in [2.75, 3.05) is 5.32 Å². The predicted octanol–water partition coefficient (Wildman–Crippen LogP) is 1.34. The van der Waals surface area contributed by atoms with E-state index in [4.69, 9.17) is 5.73 Å². The molecule has 1 fully saturated rings. The van der Waals surface area contributed by atoms with Crippen molar-refractivity contribution in [1.82, 2.24) is 14.8 Å². The number of carbonyl (C=O) groups excluding carboxylic acids is 1. The SMILES string of the molecule is Cc1nn(C)c2ncc(NC(=O)C3CCC(N)C3)cc12. The van der Waals surface area contributed by atoms with E-state index in [-0.39, 0.29) is 17.9 Å². The van der Waals surface area contributed by atoms with Crippen molar-refractivity contribution in [1.29, 1.82) is 0 Å². The van der Waals surface area contributed by atoms with Gasteiger partial charge in [-0.15, -0.1) is 0 Å². The van der Waals surface area contributed by atoms with E-state index in [0.717, 1.165) is 41.7 Å². The van der Waals surface area contributed by atoms with E-state index < -0.39 is 0 Å². The smallest absolute Gasteiger partial charge is 0.227 e. The van der Waals surface area contributed by atoms with Gasteiger partial charge in [-0.3, -0.25) is 9.48 Å². The second-order valence-corrected chi connectivity index (χ2v) is 5.56. The van der Waals surface area contributed by atoms with Gasteiger partial charge in [-0.2, -0.15) is 5.10 Å². The number of nitrogens with two attached hydrogens (primary N) is 1. The highest BCUT2D eigenvalue weighted by Crippen LogP contribution is 2.26. The predicted molar refractivity (Wildman–Crippen MR) is 77.2 cm³/mol. The quantitative estimate of drug-likeness (QED) is 0.864. The van der Waals surface area contributed by atoms with Gasteiger partial charge in [-0.05, 0) is 32.3 Å². The number of carbonyl (C=O) groups is 1. The van der Waals surface area contributed by atoms with E-state index in [1.165, 1.54) is 0 Å². The number of rotatable bonds is 2. The van der Waals surface area contributed by atoms with Crippen LogP contribution >= 0.6 is 0 Å². The van der Waals surface area contributed by atoms with Gasteiger partial charge in [-0.25, -0.2) is 4.98 Å². The van der Waals surface area contributed by atoms with E-state index in [9.17, 15) is 4.79 Å². The fourth-order valence-corrected chi connectivity index (χ4v) is 2.88. The number of nitrogens with zero attached hydrogens (tertiary/aromatic N) is 3. The zero-order valence-electron chi connectivity index (χ0n) is 11.8. The third-order valence-corrected chi connectivity index (χ3v) is 3.97. The Hall–Kier alpha value is -1.95. The molecule has 6 nitrogen and oxygen atoms in total. The van der Waals surface area contributed by atoms with E-state index >= 15 is 0 Å². The van der Waals surface area contributed by atoms with Gasteiger partial charge < -0.3 is 11.1 Å². The van der Waals surface area contributed by atoms with E-state index in [1.807, 2.05) is 20.0 Å². The maximum absolute atomic E-state index is 12.2. The normalized spacial score (nSPS) is 22.4. The molecule has 0 radical (unpaired) electrons. The minimum absolute atomic E-state index is 0.0238. The van der Waals surface area contributed by atoms with Gasteiger partial charge >= 0.3 is 0 Å². The maximum atomic E-state index is 12.2. The van der Waals surface area contributed by atoms with Crippen LogP contribution in [0.1, 0.15) is 25.0 Å². The molecule has 0 aromatic carbocycles. The molecule has 2 aromatic rings. The van der Waals surface area contributed by atoms with Gasteiger partial charge in [0.2, 0.25) is 5.91 Å². The molecule has 1 saturated carbocycles. The summed E-state index contributed by atoms with van der Waals surface area (Å²) in [5.74, 6) is 0.0661. The van der Waals surface area contributed by atoms with Crippen LogP contribution in [0.2, 0.25) is 0 Å². The number of anilines is 1. The molecule has 2 unspecified atom stereocenters. The van der Waals surface area contributed by atoms with Gasteiger partial charge in [0, 0.05) is 24.4 Å². The average Bonchev–Trinajstić information content (AvgIpc) is 2.95. The number of aromatic nitrogens is 3. The van der Waals surface area contributed by atoms with Crippen LogP contribution in [0.15, 0.2) is 12.3 Å². The Labute approximate surface area is 117 Å². The first-order chi connectivity index (χ1) is 9.54. The van der Waals surface area contributed by atoms with Crippen molar-refractivity contribution in [2.45, 2.75) is 32.2 Å². The Morgan fingerprint density at radius 3 is 3.00 bits per heavy atom. The molecule has 20 heavy (non-hydrogen) atoms. The van der Waals surface area contributed by atoms with Crippen LogP contribution in [-0.4, -0.2) is 26.7 Å². The largest absolute Gasteiger partial charge is 0.328 e. The van der Waals surface area contributed by atoms with Crippen molar-refractivity contribution in [3.63, 3.8) is 0 Å². The third kappa shape index (κ3) is 2.27. The summed E-state index contributed by atoms with van der Waals surface area (Å²) < 4.78 is 1.74. The average molecular weight is 273 g/mol. The first-order valence-electron chi connectivity index (χ1n) is 6.90. The molecule has 0 saturated heterocycles. The van der Waals surface area contributed by atoms with E-state index in [0.29, 0.717) is 0 Å². The standard InChI is InChI=1S/C14H19N5O/c1-8-12-6-11(7-16-13(12)19(2)18-8)17-14(20)9-3-4-10(15)5-9/h6-7,9-10H,3-5,15H2,1-2H3,(H,17,20). The lowest BCUT2D eigenvalue weighted by atomic mass is 10.1. The molecule has 2 heterocycles. The van der Waals surface area contributed by atoms with E-state index in [2.05, 4.69) is 15.4 Å². The summed E-state index contributed by atoms with van der Waals surface area (Å²) in [5, 5.41) is 8.23. The number of hydrogen-bond acceptors (Lipinski definition) is 4. The summed E-state index contributed by atoms with van der Waals surface area (Å²) in [6.07, 6.45) is 4.25. The molecular weight excluding hydrogens is 254 g/mol. The number of hydrogen-bond donors (Lipinski definition) is 2. The molecule has 3 rings (SSSR count).